The first-order chi connectivity index (χ1) is 3.41. The molecular formula is H8O4Si3. The molecule has 0 spiro atoms. The molecule has 0 aliphatic rings. The minimum absolute atomic E-state index is 0.965. The van der Waals surface area contributed by atoms with E-state index in [-0.39, 0.29) is 0 Å². The summed E-state index contributed by atoms with van der Waals surface area (Å²) < 4.78 is 9.12. The summed E-state index contributed by atoms with van der Waals surface area (Å²) in [6.07, 6.45) is 0. The molecule has 0 saturated heterocycles. The minimum atomic E-state index is -1.26. The van der Waals surface area contributed by atoms with Crippen molar-refractivity contribution in [3.63, 3.8) is 0 Å². The smallest absolute Gasteiger partial charge is 0.292 e. The van der Waals surface area contributed by atoms with Gasteiger partial charge >= 0.3 is 0 Å². The van der Waals surface area contributed by atoms with Crippen LogP contribution in [0.2, 0.25) is 0 Å². The molecule has 7 heteroatoms. The van der Waals surface area contributed by atoms with E-state index in [1.54, 1.807) is 0 Å². The maximum atomic E-state index is 8.10. The molecule has 0 rings (SSSR count). The van der Waals surface area contributed by atoms with E-state index in [4.69, 9.17) is 9.59 Å². The molecule has 0 aromatic rings. The van der Waals surface area contributed by atoms with Crippen LogP contribution in [0.5, 0.6) is 0 Å². The topological polar surface area (TPSA) is 58.9 Å². The highest BCUT2D eigenvalue weighted by molar-refractivity contribution is 6.40. The molecule has 0 aliphatic heterocycles. The summed E-state index contributed by atoms with van der Waals surface area (Å²) in [5.41, 5.74) is 0. The third-order valence-electron chi connectivity index (χ3n) is 0.349. The third-order valence-corrected chi connectivity index (χ3v) is 3.14. The lowest BCUT2D eigenvalue weighted by molar-refractivity contribution is 0.389. The van der Waals surface area contributed by atoms with E-state index in [0.717, 1.165) is 0 Å². The molecule has 44 valence electrons. The minimum Gasteiger partial charge on any atom is -0.425 e. The Labute approximate surface area is 48.7 Å². The highest BCUT2D eigenvalue weighted by Crippen LogP contribution is 1.62. The number of hydrogen-bond acceptors (Lipinski definition) is 4. The molecule has 0 radical (unpaired) electrons. The summed E-state index contributed by atoms with van der Waals surface area (Å²) in [5.74, 6) is 0. The Hall–Kier alpha value is 0.491. The van der Waals surface area contributed by atoms with Gasteiger partial charge in [0.2, 0.25) is 0 Å². The van der Waals surface area contributed by atoms with E-state index in [9.17, 15) is 0 Å². The van der Waals surface area contributed by atoms with Crippen molar-refractivity contribution in [1.29, 1.82) is 0 Å². The van der Waals surface area contributed by atoms with Crippen LogP contribution in [0.3, 0.4) is 0 Å². The molecule has 4 nitrogen and oxygen atoms in total. The zero-order valence-corrected chi connectivity index (χ0v) is 8.07. The standard InChI is InChI=1S/H8O4Si3/c1-5-3-7-4-6-2/h1-2H,5-7H2. The number of hydrogen-bond donors (Lipinski definition) is 2. The van der Waals surface area contributed by atoms with E-state index >= 15 is 0 Å². The molecule has 0 amide bonds. The fourth-order valence-electron chi connectivity index (χ4n) is 0.133. The largest absolute Gasteiger partial charge is 0.425 e. The average Bonchev–Trinajstić information content (AvgIpc) is 1.69. The van der Waals surface area contributed by atoms with Crippen molar-refractivity contribution in [2.45, 2.75) is 0 Å². The van der Waals surface area contributed by atoms with Crippen LogP contribution in [-0.4, -0.2) is 39.6 Å². The number of rotatable bonds is 4. The molecule has 0 unspecified atom stereocenters. The SMILES string of the molecule is O[SiH2]O[SiH2]O[SiH2]O. The van der Waals surface area contributed by atoms with E-state index in [1.165, 1.54) is 0 Å². The summed E-state index contributed by atoms with van der Waals surface area (Å²) in [5, 5.41) is 0. The molecule has 0 aromatic heterocycles. The monoisotopic (exact) mass is 156 g/mol. The van der Waals surface area contributed by atoms with Gasteiger partial charge < -0.3 is 17.8 Å². The van der Waals surface area contributed by atoms with E-state index in [1.807, 2.05) is 0 Å². The van der Waals surface area contributed by atoms with Gasteiger partial charge in [-0.25, -0.2) is 0 Å². The Bertz CT molecular complexity index is 26.1. The zero-order chi connectivity index (χ0) is 5.54. The van der Waals surface area contributed by atoms with E-state index in [2.05, 4.69) is 8.23 Å². The molecule has 2 N–H and O–H groups in total. The van der Waals surface area contributed by atoms with E-state index < -0.39 is 30.0 Å². The Balaban J connectivity index is 2.45. The lowest BCUT2D eigenvalue weighted by Crippen LogP contribution is -2.09. The molecule has 0 fully saturated rings. The lowest BCUT2D eigenvalue weighted by Gasteiger charge is -1.95. The summed E-state index contributed by atoms with van der Waals surface area (Å²) in [4.78, 5) is 16.2. The van der Waals surface area contributed by atoms with Crippen LogP contribution in [0, 0.1) is 0 Å². The Morgan fingerprint density at radius 2 is 1.43 bits per heavy atom. The van der Waals surface area contributed by atoms with Gasteiger partial charge in [0.15, 0.2) is 0 Å². The average molecular weight is 156 g/mol. The second-order valence-corrected chi connectivity index (χ2v) is 4.80. The second kappa shape index (κ2) is 6.49. The molecule has 0 bridgehead atoms. The van der Waals surface area contributed by atoms with Crippen molar-refractivity contribution in [1.82, 2.24) is 0 Å². The van der Waals surface area contributed by atoms with Crippen molar-refractivity contribution in [3.8, 4) is 0 Å². The van der Waals surface area contributed by atoms with Gasteiger partial charge in [0.25, 0.3) is 30.0 Å². The Kier molecular flexibility index (Phi) is 6.95. The molecule has 0 heterocycles. The Morgan fingerprint density at radius 3 is 1.71 bits per heavy atom. The fourth-order valence-corrected chi connectivity index (χ4v) is 2.26. The first-order valence-corrected chi connectivity index (χ1v) is 5.36. The van der Waals surface area contributed by atoms with Crippen molar-refractivity contribution >= 4 is 30.0 Å². The van der Waals surface area contributed by atoms with Crippen molar-refractivity contribution < 1.29 is 17.8 Å². The van der Waals surface area contributed by atoms with Crippen LogP contribution >= 0.6 is 0 Å². The van der Waals surface area contributed by atoms with Gasteiger partial charge in [-0.05, 0) is 0 Å². The first kappa shape index (κ1) is 7.49. The molecular weight excluding hydrogens is 148 g/mol. The van der Waals surface area contributed by atoms with Gasteiger partial charge in [0.05, 0.1) is 0 Å². The molecule has 0 aromatic carbocycles. The predicted octanol–water partition coefficient (Wildman–Crippen LogP) is -4.00. The first-order valence-electron chi connectivity index (χ1n) is 1.79. The van der Waals surface area contributed by atoms with Gasteiger partial charge in [-0.3, -0.25) is 0 Å². The van der Waals surface area contributed by atoms with Gasteiger partial charge in [0, 0.05) is 0 Å². The van der Waals surface area contributed by atoms with Crippen molar-refractivity contribution in [2.75, 3.05) is 0 Å². The molecule has 0 saturated carbocycles. The van der Waals surface area contributed by atoms with Crippen LogP contribution < -0.4 is 0 Å². The fraction of sp³-hybridized carbons (Fsp3) is 0. The summed E-state index contributed by atoms with van der Waals surface area (Å²) in [6.45, 7) is 0. The summed E-state index contributed by atoms with van der Waals surface area (Å²) >= 11 is 0. The highest BCUT2D eigenvalue weighted by atomic mass is 28.4. The third kappa shape index (κ3) is 6.49. The van der Waals surface area contributed by atoms with Crippen LogP contribution in [0.25, 0.3) is 0 Å². The lowest BCUT2D eigenvalue weighted by atomic mass is 15.7. The van der Waals surface area contributed by atoms with E-state index in [0.29, 0.717) is 0 Å². The zero-order valence-electron chi connectivity index (χ0n) is 3.83. The maximum absolute atomic E-state index is 8.10. The summed E-state index contributed by atoms with van der Waals surface area (Å²) in [7, 11) is -3.48. The normalized spacial score (nSPS) is 14.6. The quantitative estimate of drug-likeness (QED) is 0.322. The van der Waals surface area contributed by atoms with Crippen LogP contribution in [0.1, 0.15) is 0 Å². The van der Waals surface area contributed by atoms with Crippen LogP contribution in [0.15, 0.2) is 0 Å². The van der Waals surface area contributed by atoms with Gasteiger partial charge in [0.1, 0.15) is 0 Å². The highest BCUT2D eigenvalue weighted by Gasteiger charge is 1.82. The molecule has 0 atom stereocenters. The molecule has 7 heavy (non-hydrogen) atoms. The predicted molar refractivity (Wildman–Crippen MR) is 32.2 cm³/mol. The van der Waals surface area contributed by atoms with Crippen LogP contribution in [-0.2, 0) is 8.23 Å². The summed E-state index contributed by atoms with van der Waals surface area (Å²) in [6, 6.07) is 0. The molecule has 0 aliphatic carbocycles. The van der Waals surface area contributed by atoms with Gasteiger partial charge in [-0.2, -0.15) is 0 Å². The van der Waals surface area contributed by atoms with Gasteiger partial charge in [-0.15, -0.1) is 0 Å². The maximum Gasteiger partial charge on any atom is 0.292 e. The second-order valence-electron chi connectivity index (χ2n) is 0.784. The van der Waals surface area contributed by atoms with Crippen molar-refractivity contribution in [2.24, 2.45) is 0 Å². The van der Waals surface area contributed by atoms with Crippen LogP contribution in [0.4, 0.5) is 0 Å². The van der Waals surface area contributed by atoms with Gasteiger partial charge in [-0.1, -0.05) is 0 Å². The van der Waals surface area contributed by atoms with Crippen molar-refractivity contribution in [3.05, 3.63) is 0 Å². The Morgan fingerprint density at radius 1 is 1.00 bits per heavy atom.